The Kier molecular flexibility index (Phi) is 4.29. The van der Waals surface area contributed by atoms with Gasteiger partial charge >= 0.3 is 0 Å². The molecule has 7 heteroatoms. The predicted molar refractivity (Wildman–Crippen MR) is 132 cm³/mol. The van der Waals surface area contributed by atoms with Gasteiger partial charge in [0.2, 0.25) is 5.88 Å². The number of nitrogens with zero attached hydrogens (tertiary/aromatic N) is 5. The molecule has 168 valence electrons. The van der Waals surface area contributed by atoms with E-state index in [0.29, 0.717) is 17.4 Å². The molecule has 0 saturated carbocycles. The van der Waals surface area contributed by atoms with Gasteiger partial charge in [0.25, 0.3) is 0 Å². The van der Waals surface area contributed by atoms with E-state index in [1.165, 1.54) is 0 Å². The van der Waals surface area contributed by atoms with Crippen LogP contribution in [0.1, 0.15) is 22.6 Å². The minimum absolute atomic E-state index is 0.159. The number of fused-ring (bicyclic) bond motifs is 6. The quantitative estimate of drug-likeness (QED) is 0.342. The summed E-state index contributed by atoms with van der Waals surface area (Å²) in [6.07, 6.45) is 5.14. The van der Waals surface area contributed by atoms with Gasteiger partial charge < -0.3 is 9.47 Å². The first-order valence-corrected chi connectivity index (χ1v) is 11.3. The zero-order valence-electron chi connectivity index (χ0n) is 18.8. The van der Waals surface area contributed by atoms with Crippen LogP contribution in [-0.4, -0.2) is 31.7 Å². The molecule has 7 nitrogen and oxygen atoms in total. The van der Waals surface area contributed by atoms with Gasteiger partial charge in [-0.05, 0) is 46.7 Å². The van der Waals surface area contributed by atoms with E-state index in [-0.39, 0.29) is 5.92 Å². The molecule has 0 fully saturated rings. The highest BCUT2D eigenvalue weighted by molar-refractivity contribution is 5.91. The summed E-state index contributed by atoms with van der Waals surface area (Å²) >= 11 is 0. The number of ether oxygens (including phenoxy) is 2. The Labute approximate surface area is 200 Å². The van der Waals surface area contributed by atoms with Crippen molar-refractivity contribution in [2.24, 2.45) is 0 Å². The number of methoxy groups -OCH3 is 1. The molecule has 4 heterocycles. The summed E-state index contributed by atoms with van der Waals surface area (Å²) in [7, 11) is 1.67. The Hall–Kier alpha value is -4.78. The normalized spacial score (nSPS) is 14.4. The Morgan fingerprint density at radius 3 is 2.63 bits per heavy atom. The van der Waals surface area contributed by atoms with Crippen molar-refractivity contribution in [3.8, 4) is 28.8 Å². The summed E-state index contributed by atoms with van der Waals surface area (Å²) in [6, 6.07) is 24.4. The molecule has 0 bridgehead atoms. The second kappa shape index (κ2) is 7.63. The summed E-state index contributed by atoms with van der Waals surface area (Å²) in [4.78, 5) is 13.8. The molecular weight excluding hydrogens is 438 g/mol. The van der Waals surface area contributed by atoms with Crippen LogP contribution >= 0.6 is 0 Å². The van der Waals surface area contributed by atoms with Crippen molar-refractivity contribution in [2.75, 3.05) is 7.11 Å². The Morgan fingerprint density at radius 1 is 0.914 bits per heavy atom. The zero-order chi connectivity index (χ0) is 23.4. The van der Waals surface area contributed by atoms with Crippen LogP contribution in [0.2, 0.25) is 0 Å². The third-order valence-electron chi connectivity index (χ3n) is 6.47. The lowest BCUT2D eigenvalue weighted by Gasteiger charge is -2.29. The van der Waals surface area contributed by atoms with Crippen molar-refractivity contribution >= 4 is 16.4 Å². The molecule has 0 aliphatic carbocycles. The fourth-order valence-corrected chi connectivity index (χ4v) is 4.85. The lowest BCUT2D eigenvalue weighted by atomic mass is 9.81. The van der Waals surface area contributed by atoms with E-state index in [9.17, 15) is 0 Å². The molecule has 3 aromatic heterocycles. The summed E-state index contributed by atoms with van der Waals surface area (Å²) in [6.45, 7) is 0. The Balaban J connectivity index is 1.53. The van der Waals surface area contributed by atoms with Gasteiger partial charge in [-0.3, -0.25) is 4.98 Å². The maximum absolute atomic E-state index is 6.38. The average molecular weight is 457 g/mol. The van der Waals surface area contributed by atoms with Crippen LogP contribution in [0.4, 0.5) is 0 Å². The van der Waals surface area contributed by atoms with Crippen molar-refractivity contribution in [2.45, 2.75) is 5.92 Å². The van der Waals surface area contributed by atoms with Crippen LogP contribution in [0.25, 0.3) is 27.8 Å². The first-order chi connectivity index (χ1) is 17.3. The summed E-state index contributed by atoms with van der Waals surface area (Å²) < 4.78 is 13.5. The van der Waals surface area contributed by atoms with Crippen LogP contribution in [0, 0.1) is 0 Å². The smallest absolute Gasteiger partial charge is 0.228 e. The molecule has 1 aliphatic rings. The van der Waals surface area contributed by atoms with Gasteiger partial charge in [-0.15, -0.1) is 5.10 Å². The number of hydrogen-bond acceptors (Lipinski definition) is 6. The molecular formula is C28H19N5O2. The molecule has 7 rings (SSSR count). The molecule has 0 amide bonds. The van der Waals surface area contributed by atoms with Gasteiger partial charge in [-0.1, -0.05) is 42.5 Å². The van der Waals surface area contributed by atoms with Gasteiger partial charge in [0.1, 0.15) is 17.8 Å². The molecule has 1 atom stereocenters. The van der Waals surface area contributed by atoms with E-state index in [2.05, 4.69) is 46.4 Å². The van der Waals surface area contributed by atoms with Crippen LogP contribution in [0.5, 0.6) is 17.4 Å². The Bertz CT molecular complexity index is 1710. The lowest BCUT2D eigenvalue weighted by molar-refractivity contribution is 0.414. The van der Waals surface area contributed by atoms with Crippen molar-refractivity contribution in [3.05, 3.63) is 108 Å². The maximum Gasteiger partial charge on any atom is 0.228 e. The highest BCUT2D eigenvalue weighted by atomic mass is 16.5. The molecule has 1 unspecified atom stereocenters. The van der Waals surface area contributed by atoms with E-state index in [0.717, 1.165) is 44.5 Å². The molecule has 1 aliphatic heterocycles. The number of aromatic nitrogens is 5. The average Bonchev–Trinajstić information content (AvgIpc) is 3.37. The largest absolute Gasteiger partial charge is 0.497 e. The van der Waals surface area contributed by atoms with Crippen LogP contribution in [-0.2, 0) is 0 Å². The van der Waals surface area contributed by atoms with E-state index >= 15 is 0 Å². The number of hydrogen-bond donors (Lipinski definition) is 0. The van der Waals surface area contributed by atoms with Crippen molar-refractivity contribution in [3.63, 3.8) is 0 Å². The third kappa shape index (κ3) is 3.05. The SMILES string of the molecule is COc1ccc(C2c3c(ccc4ccccc34)Oc3ncn4nc(-c5cccnc5)nc4c32)cc1. The molecule has 0 radical (unpaired) electrons. The van der Waals surface area contributed by atoms with Gasteiger partial charge in [-0.2, -0.15) is 0 Å². The van der Waals surface area contributed by atoms with Gasteiger partial charge in [0.05, 0.1) is 12.7 Å². The van der Waals surface area contributed by atoms with E-state index in [1.54, 1.807) is 30.3 Å². The Morgan fingerprint density at radius 2 is 1.80 bits per heavy atom. The highest BCUT2D eigenvalue weighted by Crippen LogP contribution is 2.50. The molecule has 0 N–H and O–H groups in total. The molecule has 6 aromatic rings. The number of pyridine rings is 1. The number of rotatable bonds is 3. The minimum Gasteiger partial charge on any atom is -0.497 e. The first-order valence-electron chi connectivity index (χ1n) is 11.3. The summed E-state index contributed by atoms with van der Waals surface area (Å²) in [5.41, 5.74) is 4.60. The third-order valence-corrected chi connectivity index (χ3v) is 6.47. The van der Waals surface area contributed by atoms with E-state index < -0.39 is 0 Å². The summed E-state index contributed by atoms with van der Waals surface area (Å²) in [5, 5.41) is 6.97. The van der Waals surface area contributed by atoms with Crippen LogP contribution in [0.3, 0.4) is 0 Å². The van der Waals surface area contributed by atoms with Crippen LogP contribution < -0.4 is 9.47 Å². The molecule has 3 aromatic carbocycles. The second-order valence-electron chi connectivity index (χ2n) is 8.42. The van der Waals surface area contributed by atoms with Gasteiger partial charge in [0.15, 0.2) is 11.5 Å². The topological polar surface area (TPSA) is 74.4 Å². The minimum atomic E-state index is -0.159. The molecule has 0 spiro atoms. The standard InChI is InChI=1S/C28H19N5O2/c1-34-20-11-8-18(9-12-20)23-24-21-7-3-2-5-17(21)10-13-22(24)35-28-25(23)27-31-26(32-33(27)16-30-28)19-6-4-14-29-15-19/h2-16,23H,1H3. The van der Waals surface area contributed by atoms with E-state index in [4.69, 9.17) is 19.6 Å². The molecule has 0 saturated heterocycles. The van der Waals surface area contributed by atoms with Gasteiger partial charge in [0, 0.05) is 29.4 Å². The van der Waals surface area contributed by atoms with Crippen LogP contribution in [0.15, 0.2) is 91.5 Å². The highest BCUT2D eigenvalue weighted by Gasteiger charge is 2.34. The molecule has 35 heavy (non-hydrogen) atoms. The lowest BCUT2D eigenvalue weighted by Crippen LogP contribution is -2.15. The fourth-order valence-electron chi connectivity index (χ4n) is 4.85. The summed E-state index contributed by atoms with van der Waals surface area (Å²) in [5.74, 6) is 2.56. The fraction of sp³-hybridized carbons (Fsp3) is 0.0714. The van der Waals surface area contributed by atoms with Crippen molar-refractivity contribution in [1.29, 1.82) is 0 Å². The number of benzene rings is 3. The maximum atomic E-state index is 6.38. The zero-order valence-corrected chi connectivity index (χ0v) is 18.8. The van der Waals surface area contributed by atoms with Crippen molar-refractivity contribution in [1.82, 2.24) is 24.6 Å². The van der Waals surface area contributed by atoms with E-state index in [1.807, 2.05) is 36.4 Å². The van der Waals surface area contributed by atoms with Gasteiger partial charge in [-0.25, -0.2) is 14.5 Å². The monoisotopic (exact) mass is 457 g/mol. The first kappa shape index (κ1) is 19.7. The van der Waals surface area contributed by atoms with Crippen molar-refractivity contribution < 1.29 is 9.47 Å². The predicted octanol–water partition coefficient (Wildman–Crippen LogP) is 5.63. The second-order valence-corrected chi connectivity index (χ2v) is 8.42.